The minimum Gasteiger partial charge on any atom is -0.302 e. The summed E-state index contributed by atoms with van der Waals surface area (Å²) in [5.41, 5.74) is 0.881. The minimum absolute atomic E-state index is 0.0197. The Morgan fingerprint density at radius 2 is 1.73 bits per heavy atom. The fourth-order valence-corrected chi connectivity index (χ4v) is 5.23. The van der Waals surface area contributed by atoms with Gasteiger partial charge in [0.2, 0.25) is 0 Å². The van der Waals surface area contributed by atoms with E-state index >= 15 is 0 Å². The summed E-state index contributed by atoms with van der Waals surface area (Å²) in [6.45, 7) is 8.30. The molecule has 3 aromatic rings. The van der Waals surface area contributed by atoms with Crippen molar-refractivity contribution in [3.63, 3.8) is 0 Å². The summed E-state index contributed by atoms with van der Waals surface area (Å²) >= 11 is 1.21. The van der Waals surface area contributed by atoms with Gasteiger partial charge in [-0.1, -0.05) is 32.1 Å². The Balaban J connectivity index is 1.98. The van der Waals surface area contributed by atoms with Crippen molar-refractivity contribution >= 4 is 48.1 Å². The molecule has 3 rings (SSSR count). The summed E-state index contributed by atoms with van der Waals surface area (Å²) in [6, 6.07) is 10.3. The maximum atomic E-state index is 13.4. The van der Waals surface area contributed by atoms with Crippen molar-refractivity contribution in [1.29, 1.82) is 0 Å². The van der Waals surface area contributed by atoms with Gasteiger partial charge in [-0.05, 0) is 43.4 Å². The first kappa shape index (κ1) is 24.7. The maximum absolute atomic E-state index is 13.4. The van der Waals surface area contributed by atoms with E-state index in [0.29, 0.717) is 34.0 Å². The highest BCUT2D eigenvalue weighted by molar-refractivity contribution is 7.91. The summed E-state index contributed by atoms with van der Waals surface area (Å²) in [7, 11) is -3.37. The van der Waals surface area contributed by atoms with Crippen LogP contribution in [0.4, 0.5) is 10.8 Å². The van der Waals surface area contributed by atoms with Gasteiger partial charge in [0, 0.05) is 30.8 Å². The number of thiazole rings is 1. The van der Waals surface area contributed by atoms with Crippen LogP contribution in [0.5, 0.6) is 0 Å². The largest absolute Gasteiger partial charge is 0.302 e. The summed E-state index contributed by atoms with van der Waals surface area (Å²) in [5.74, 6) is -0.329. The van der Waals surface area contributed by atoms with E-state index in [9.17, 15) is 23.3 Å². The molecule has 0 aliphatic rings. The molecule has 9 nitrogen and oxygen atoms in total. The van der Waals surface area contributed by atoms with Crippen LogP contribution in [0.2, 0.25) is 0 Å². The fraction of sp³-hybridized carbons (Fsp3) is 0.364. The lowest BCUT2D eigenvalue weighted by Crippen LogP contribution is -2.38. The predicted molar refractivity (Wildman–Crippen MR) is 130 cm³/mol. The molecule has 1 aromatic heterocycles. The highest BCUT2D eigenvalue weighted by atomic mass is 32.2. The number of sulfone groups is 1. The fourth-order valence-electron chi connectivity index (χ4n) is 3.32. The topological polar surface area (TPSA) is 114 Å². The van der Waals surface area contributed by atoms with Crippen molar-refractivity contribution in [2.75, 3.05) is 36.8 Å². The van der Waals surface area contributed by atoms with Crippen LogP contribution in [0.25, 0.3) is 10.2 Å². The third-order valence-corrected chi connectivity index (χ3v) is 8.21. The van der Waals surface area contributed by atoms with E-state index in [2.05, 4.69) is 9.88 Å². The van der Waals surface area contributed by atoms with Crippen LogP contribution < -0.4 is 4.90 Å². The van der Waals surface area contributed by atoms with Crippen molar-refractivity contribution < 1.29 is 18.1 Å². The number of carbonyl (C=O) groups excluding carboxylic acids is 1. The first-order valence-electron chi connectivity index (χ1n) is 10.6. The standard InChI is InChI=1S/C22H26N4O5S2/c1-4-24(5-2)13-14-25(21(27)16-7-10-18(11-8-16)33(30,31)6-3)22-23-19-12-9-17(26(28)29)15-20(19)32-22/h7-12,15H,4-6,13-14H2,1-3H3. The van der Waals surface area contributed by atoms with Gasteiger partial charge in [-0.2, -0.15) is 0 Å². The highest BCUT2D eigenvalue weighted by Crippen LogP contribution is 2.32. The van der Waals surface area contributed by atoms with E-state index in [1.165, 1.54) is 47.7 Å². The second-order valence-electron chi connectivity index (χ2n) is 7.32. The van der Waals surface area contributed by atoms with E-state index in [-0.39, 0.29) is 22.2 Å². The van der Waals surface area contributed by atoms with Gasteiger partial charge in [-0.15, -0.1) is 0 Å². The highest BCUT2D eigenvalue weighted by Gasteiger charge is 2.23. The normalized spacial score (nSPS) is 11.8. The van der Waals surface area contributed by atoms with Crippen molar-refractivity contribution in [2.24, 2.45) is 0 Å². The molecule has 0 N–H and O–H groups in total. The molecule has 0 aliphatic heterocycles. The van der Waals surface area contributed by atoms with Crippen molar-refractivity contribution in [3.05, 3.63) is 58.1 Å². The molecule has 0 unspecified atom stereocenters. The van der Waals surface area contributed by atoms with E-state index in [4.69, 9.17) is 0 Å². The molecule has 0 bridgehead atoms. The van der Waals surface area contributed by atoms with Gasteiger partial charge in [-0.25, -0.2) is 13.4 Å². The van der Waals surface area contributed by atoms with Gasteiger partial charge in [0.1, 0.15) is 0 Å². The Labute approximate surface area is 196 Å². The maximum Gasteiger partial charge on any atom is 0.270 e. The Bertz CT molecular complexity index is 1250. The van der Waals surface area contributed by atoms with Crippen LogP contribution in [0.3, 0.4) is 0 Å². The summed E-state index contributed by atoms with van der Waals surface area (Å²) < 4.78 is 24.8. The number of benzene rings is 2. The SMILES string of the molecule is CCN(CC)CCN(C(=O)c1ccc(S(=O)(=O)CC)cc1)c1nc2ccc([N+](=O)[O-])cc2s1. The second-order valence-corrected chi connectivity index (χ2v) is 10.6. The third-order valence-electron chi connectivity index (χ3n) is 5.42. The smallest absolute Gasteiger partial charge is 0.270 e. The molecular formula is C22H26N4O5S2. The van der Waals surface area contributed by atoms with Crippen LogP contribution in [-0.4, -0.2) is 61.1 Å². The number of rotatable bonds is 10. The van der Waals surface area contributed by atoms with Crippen molar-refractivity contribution in [2.45, 2.75) is 25.7 Å². The van der Waals surface area contributed by atoms with Gasteiger partial charge in [0.05, 0.1) is 25.8 Å². The molecule has 0 atom stereocenters. The zero-order valence-electron chi connectivity index (χ0n) is 18.7. The average Bonchev–Trinajstić information content (AvgIpc) is 3.24. The molecule has 176 valence electrons. The molecule has 0 saturated carbocycles. The number of fused-ring (bicyclic) bond motifs is 1. The molecule has 1 amide bonds. The second kappa shape index (κ2) is 10.4. The first-order valence-corrected chi connectivity index (χ1v) is 13.1. The van der Waals surface area contributed by atoms with Gasteiger partial charge < -0.3 is 4.90 Å². The Morgan fingerprint density at radius 1 is 1.06 bits per heavy atom. The van der Waals surface area contributed by atoms with E-state index < -0.39 is 14.8 Å². The zero-order valence-corrected chi connectivity index (χ0v) is 20.4. The zero-order chi connectivity index (χ0) is 24.2. The number of carbonyl (C=O) groups is 1. The number of nitrogens with zero attached hydrogens (tertiary/aromatic N) is 4. The number of hydrogen-bond donors (Lipinski definition) is 0. The number of nitro benzene ring substituents is 1. The molecular weight excluding hydrogens is 464 g/mol. The Kier molecular flexibility index (Phi) is 7.77. The minimum atomic E-state index is -3.37. The number of hydrogen-bond acceptors (Lipinski definition) is 8. The quantitative estimate of drug-likeness (QED) is 0.312. The Morgan fingerprint density at radius 3 is 2.30 bits per heavy atom. The predicted octanol–water partition coefficient (Wildman–Crippen LogP) is 3.99. The van der Waals surface area contributed by atoms with Gasteiger partial charge >= 0.3 is 0 Å². The van der Waals surface area contributed by atoms with Crippen molar-refractivity contribution in [3.8, 4) is 0 Å². The van der Waals surface area contributed by atoms with E-state index in [0.717, 1.165) is 13.1 Å². The molecule has 0 saturated heterocycles. The van der Waals surface area contributed by atoms with Crippen molar-refractivity contribution in [1.82, 2.24) is 9.88 Å². The number of likely N-dealkylation sites (N-methyl/N-ethyl adjacent to an activating group) is 1. The Hall–Kier alpha value is -2.89. The summed E-state index contributed by atoms with van der Waals surface area (Å²) in [6.07, 6.45) is 0. The number of nitro groups is 1. The number of anilines is 1. The molecule has 1 heterocycles. The molecule has 11 heteroatoms. The lowest BCUT2D eigenvalue weighted by molar-refractivity contribution is -0.384. The third kappa shape index (κ3) is 5.55. The molecule has 0 fully saturated rings. The van der Waals surface area contributed by atoms with E-state index in [1.807, 2.05) is 13.8 Å². The lowest BCUT2D eigenvalue weighted by Gasteiger charge is -2.24. The average molecular weight is 491 g/mol. The van der Waals surface area contributed by atoms with E-state index in [1.54, 1.807) is 17.9 Å². The molecule has 0 radical (unpaired) electrons. The molecule has 0 spiro atoms. The van der Waals surface area contributed by atoms with Crippen LogP contribution >= 0.6 is 11.3 Å². The van der Waals surface area contributed by atoms with Gasteiger partial charge in [0.25, 0.3) is 11.6 Å². The van der Waals surface area contributed by atoms with Crippen LogP contribution in [0.15, 0.2) is 47.4 Å². The number of aromatic nitrogens is 1. The van der Waals surface area contributed by atoms with Crippen LogP contribution in [-0.2, 0) is 9.84 Å². The molecule has 2 aromatic carbocycles. The summed E-state index contributed by atoms with van der Waals surface area (Å²) in [4.78, 5) is 32.5. The molecule has 33 heavy (non-hydrogen) atoms. The van der Waals surface area contributed by atoms with Crippen LogP contribution in [0.1, 0.15) is 31.1 Å². The lowest BCUT2D eigenvalue weighted by atomic mass is 10.2. The van der Waals surface area contributed by atoms with Gasteiger partial charge in [-0.3, -0.25) is 19.8 Å². The monoisotopic (exact) mass is 490 g/mol. The van der Waals surface area contributed by atoms with Gasteiger partial charge in [0.15, 0.2) is 15.0 Å². The van der Waals surface area contributed by atoms with Crippen LogP contribution in [0, 0.1) is 10.1 Å². The molecule has 0 aliphatic carbocycles. The number of non-ortho nitro benzene ring substituents is 1. The first-order chi connectivity index (χ1) is 15.7. The summed E-state index contributed by atoms with van der Waals surface area (Å²) in [5, 5.41) is 11.6. The number of amides is 1.